The molecule has 17 heavy (non-hydrogen) atoms. The molecule has 0 amide bonds. The lowest BCUT2D eigenvalue weighted by Crippen LogP contribution is -2.18. The second-order valence-electron chi connectivity index (χ2n) is 4.42. The topological polar surface area (TPSA) is 47.7 Å². The van der Waals surface area contributed by atoms with Gasteiger partial charge in [0.25, 0.3) is 0 Å². The maximum Gasteiger partial charge on any atom is 0.122 e. The summed E-state index contributed by atoms with van der Waals surface area (Å²) < 4.78 is 4.10. The van der Waals surface area contributed by atoms with Crippen molar-refractivity contribution in [2.75, 3.05) is 0 Å². The second kappa shape index (κ2) is 4.71. The summed E-state index contributed by atoms with van der Waals surface area (Å²) in [6.07, 6.45) is 4.06. The molecule has 0 spiro atoms. The first-order valence-electron chi connectivity index (χ1n) is 5.74. The number of aromatic nitrogens is 4. The van der Waals surface area contributed by atoms with E-state index in [0.717, 1.165) is 36.1 Å². The third-order valence-electron chi connectivity index (χ3n) is 2.75. The molecule has 0 saturated carbocycles. The smallest absolute Gasteiger partial charge is 0.122 e. The summed E-state index contributed by atoms with van der Waals surface area (Å²) in [5, 5.41) is 3.36. The molecular weight excluding hydrogens is 214 g/mol. The van der Waals surface area contributed by atoms with E-state index in [0.29, 0.717) is 0 Å². The van der Waals surface area contributed by atoms with Gasteiger partial charge in [-0.05, 0) is 13.8 Å². The monoisotopic (exact) mass is 233 g/mol. The molecule has 0 atom stereocenters. The summed E-state index contributed by atoms with van der Waals surface area (Å²) in [6.45, 7) is 5.53. The molecule has 0 aliphatic carbocycles. The molecule has 1 N–H and O–H groups in total. The quantitative estimate of drug-likeness (QED) is 0.859. The zero-order chi connectivity index (χ0) is 12.4. The Morgan fingerprint density at radius 1 is 0.941 bits per heavy atom. The number of hydrogen-bond acceptors (Lipinski definition) is 3. The molecule has 0 radical (unpaired) electrons. The Bertz CT molecular complexity index is 463. The Hall–Kier alpha value is -1.62. The van der Waals surface area contributed by atoms with Gasteiger partial charge in [0, 0.05) is 26.5 Å². The van der Waals surface area contributed by atoms with Gasteiger partial charge >= 0.3 is 0 Å². The number of imidazole rings is 2. The summed E-state index contributed by atoms with van der Waals surface area (Å²) in [5.41, 5.74) is 2.11. The van der Waals surface area contributed by atoms with Crippen molar-refractivity contribution in [1.82, 2.24) is 24.4 Å². The van der Waals surface area contributed by atoms with Crippen molar-refractivity contribution in [3.63, 3.8) is 0 Å². The molecule has 0 aromatic carbocycles. The molecule has 2 rings (SSSR count). The van der Waals surface area contributed by atoms with Crippen LogP contribution in [0.3, 0.4) is 0 Å². The van der Waals surface area contributed by atoms with Crippen LogP contribution in [0.25, 0.3) is 0 Å². The van der Waals surface area contributed by atoms with Gasteiger partial charge in [-0.15, -0.1) is 0 Å². The number of nitrogens with one attached hydrogen (secondary N) is 1. The predicted molar refractivity (Wildman–Crippen MR) is 66.4 cm³/mol. The first-order valence-corrected chi connectivity index (χ1v) is 5.74. The van der Waals surface area contributed by atoms with Gasteiger partial charge in [-0.3, -0.25) is 0 Å². The Balaban J connectivity index is 1.92. The summed E-state index contributed by atoms with van der Waals surface area (Å²) in [7, 11) is 4.03. The molecule has 0 bridgehead atoms. The maximum absolute atomic E-state index is 4.44. The van der Waals surface area contributed by atoms with E-state index in [1.54, 1.807) is 0 Å². The van der Waals surface area contributed by atoms with Gasteiger partial charge in [0.05, 0.1) is 24.5 Å². The molecule has 2 heterocycles. The van der Waals surface area contributed by atoms with E-state index >= 15 is 0 Å². The number of hydrogen-bond donors (Lipinski definition) is 1. The number of nitrogens with zero attached hydrogens (tertiary/aromatic N) is 4. The highest BCUT2D eigenvalue weighted by atomic mass is 15.1. The fourth-order valence-electron chi connectivity index (χ4n) is 1.95. The molecule has 0 aliphatic rings. The van der Waals surface area contributed by atoms with E-state index in [9.17, 15) is 0 Å². The van der Waals surface area contributed by atoms with Crippen molar-refractivity contribution < 1.29 is 0 Å². The standard InChI is InChI=1S/C12H19N5/c1-9-7-16(3)11(14-9)5-13-6-12-15-10(2)8-17(12)4/h7-8,13H,5-6H2,1-4H3. The van der Waals surface area contributed by atoms with E-state index in [-0.39, 0.29) is 0 Å². The molecule has 5 heteroatoms. The van der Waals surface area contributed by atoms with E-state index in [1.807, 2.05) is 49.5 Å². The molecule has 0 unspecified atom stereocenters. The van der Waals surface area contributed by atoms with Gasteiger partial charge in [-0.2, -0.15) is 0 Å². The summed E-state index contributed by atoms with van der Waals surface area (Å²) in [5.74, 6) is 2.10. The van der Waals surface area contributed by atoms with E-state index in [2.05, 4.69) is 15.3 Å². The van der Waals surface area contributed by atoms with Crippen LogP contribution in [0.5, 0.6) is 0 Å². The average Bonchev–Trinajstić information content (AvgIpc) is 2.71. The first kappa shape index (κ1) is 11.9. The Morgan fingerprint density at radius 2 is 1.35 bits per heavy atom. The van der Waals surface area contributed by atoms with E-state index in [4.69, 9.17) is 0 Å². The van der Waals surface area contributed by atoms with Crippen LogP contribution in [-0.2, 0) is 27.2 Å². The van der Waals surface area contributed by atoms with Crippen molar-refractivity contribution >= 4 is 0 Å². The van der Waals surface area contributed by atoms with Crippen LogP contribution in [0.15, 0.2) is 12.4 Å². The Kier molecular flexibility index (Phi) is 3.28. The normalized spacial score (nSPS) is 11.1. The highest BCUT2D eigenvalue weighted by molar-refractivity contribution is 5.03. The zero-order valence-electron chi connectivity index (χ0n) is 10.9. The third-order valence-corrected chi connectivity index (χ3v) is 2.75. The van der Waals surface area contributed by atoms with Gasteiger partial charge in [-0.1, -0.05) is 0 Å². The number of rotatable bonds is 4. The van der Waals surface area contributed by atoms with Crippen molar-refractivity contribution in [3.8, 4) is 0 Å². The van der Waals surface area contributed by atoms with Crippen LogP contribution in [0.1, 0.15) is 23.0 Å². The van der Waals surface area contributed by atoms with Gasteiger partial charge in [-0.25, -0.2) is 9.97 Å². The van der Waals surface area contributed by atoms with Crippen molar-refractivity contribution in [3.05, 3.63) is 35.4 Å². The summed E-state index contributed by atoms with van der Waals surface area (Å²) in [4.78, 5) is 8.88. The summed E-state index contributed by atoms with van der Waals surface area (Å²) in [6, 6.07) is 0. The molecular formula is C12H19N5. The Morgan fingerprint density at radius 3 is 1.65 bits per heavy atom. The highest BCUT2D eigenvalue weighted by Gasteiger charge is 2.04. The Labute approximate surface area is 102 Å². The van der Waals surface area contributed by atoms with Crippen LogP contribution in [0.2, 0.25) is 0 Å². The van der Waals surface area contributed by atoms with E-state index in [1.165, 1.54) is 0 Å². The zero-order valence-corrected chi connectivity index (χ0v) is 10.9. The highest BCUT2D eigenvalue weighted by Crippen LogP contribution is 2.02. The van der Waals surface area contributed by atoms with Crippen LogP contribution in [0.4, 0.5) is 0 Å². The number of aryl methyl sites for hydroxylation is 4. The average molecular weight is 233 g/mol. The molecule has 2 aromatic heterocycles. The van der Waals surface area contributed by atoms with Crippen LogP contribution >= 0.6 is 0 Å². The fourth-order valence-corrected chi connectivity index (χ4v) is 1.95. The van der Waals surface area contributed by atoms with Crippen molar-refractivity contribution in [2.24, 2.45) is 14.1 Å². The lowest BCUT2D eigenvalue weighted by Gasteiger charge is -2.04. The summed E-state index contributed by atoms with van der Waals surface area (Å²) >= 11 is 0. The minimum Gasteiger partial charge on any atom is -0.337 e. The van der Waals surface area contributed by atoms with Crippen LogP contribution in [-0.4, -0.2) is 19.1 Å². The lowest BCUT2D eigenvalue weighted by molar-refractivity contribution is 0.605. The molecule has 0 fully saturated rings. The van der Waals surface area contributed by atoms with Crippen LogP contribution in [0, 0.1) is 13.8 Å². The predicted octanol–water partition coefficient (Wildman–Crippen LogP) is 1.06. The SMILES string of the molecule is Cc1cn(C)c(CNCc2nc(C)cn2C)n1. The second-order valence-corrected chi connectivity index (χ2v) is 4.42. The van der Waals surface area contributed by atoms with Crippen molar-refractivity contribution in [2.45, 2.75) is 26.9 Å². The van der Waals surface area contributed by atoms with Crippen LogP contribution < -0.4 is 5.32 Å². The lowest BCUT2D eigenvalue weighted by atomic mass is 10.5. The molecule has 5 nitrogen and oxygen atoms in total. The first-order chi connectivity index (χ1) is 8.06. The minimum absolute atomic E-state index is 0.760. The largest absolute Gasteiger partial charge is 0.337 e. The fraction of sp³-hybridized carbons (Fsp3) is 0.500. The van der Waals surface area contributed by atoms with Crippen molar-refractivity contribution in [1.29, 1.82) is 0 Å². The molecule has 0 saturated heterocycles. The van der Waals surface area contributed by atoms with Gasteiger partial charge in [0.2, 0.25) is 0 Å². The minimum atomic E-state index is 0.760. The third kappa shape index (κ3) is 2.74. The van der Waals surface area contributed by atoms with Gasteiger partial charge in [0.15, 0.2) is 0 Å². The van der Waals surface area contributed by atoms with Gasteiger partial charge < -0.3 is 14.5 Å². The molecule has 92 valence electrons. The molecule has 2 aromatic rings. The van der Waals surface area contributed by atoms with Gasteiger partial charge in [0.1, 0.15) is 11.6 Å². The maximum atomic E-state index is 4.44. The van der Waals surface area contributed by atoms with E-state index < -0.39 is 0 Å². The molecule has 0 aliphatic heterocycles.